The Kier molecular flexibility index (Phi) is 6.18. The number of carbonyl (C=O) groups is 2. The van der Waals surface area contributed by atoms with Crippen LogP contribution in [0.3, 0.4) is 0 Å². The van der Waals surface area contributed by atoms with E-state index >= 15 is 0 Å². The van der Waals surface area contributed by atoms with Gasteiger partial charge in [-0.25, -0.2) is 9.78 Å². The molecular weight excluding hydrogens is 340 g/mol. The van der Waals surface area contributed by atoms with Gasteiger partial charge in [0.2, 0.25) is 0 Å². The average Bonchev–Trinajstić information content (AvgIpc) is 3.09. The van der Waals surface area contributed by atoms with E-state index in [1.165, 1.54) is 18.4 Å². The van der Waals surface area contributed by atoms with Gasteiger partial charge in [-0.15, -0.1) is 11.3 Å². The Morgan fingerprint density at radius 2 is 2.26 bits per heavy atom. The monoisotopic (exact) mass is 356 g/mol. The van der Waals surface area contributed by atoms with Gasteiger partial charge in [0, 0.05) is 11.3 Å². The first-order chi connectivity index (χ1) is 11.1. The number of rotatable bonds is 7. The lowest BCUT2D eigenvalue weighted by molar-refractivity contribution is 0.111. The first-order valence-electron chi connectivity index (χ1n) is 7.13. The highest BCUT2D eigenvalue weighted by molar-refractivity contribution is 7.13. The van der Waals surface area contributed by atoms with Gasteiger partial charge in [0.05, 0.1) is 13.7 Å². The van der Waals surface area contributed by atoms with Crippen molar-refractivity contribution in [1.82, 2.24) is 9.55 Å². The number of imidazole rings is 1. The van der Waals surface area contributed by atoms with Gasteiger partial charge >= 0.3 is 6.16 Å². The van der Waals surface area contributed by atoms with E-state index in [9.17, 15) is 9.59 Å². The van der Waals surface area contributed by atoms with E-state index in [1.54, 1.807) is 10.6 Å². The molecule has 23 heavy (non-hydrogen) atoms. The zero-order valence-electron chi connectivity index (χ0n) is 12.9. The molecule has 0 radical (unpaired) electrons. The van der Waals surface area contributed by atoms with Crippen LogP contribution in [0.2, 0.25) is 5.15 Å². The Bertz CT molecular complexity index is 696. The van der Waals surface area contributed by atoms with Crippen molar-refractivity contribution in [3.8, 4) is 5.06 Å². The molecule has 0 aliphatic heterocycles. The molecule has 6 nitrogen and oxygen atoms in total. The molecule has 124 valence electrons. The normalized spacial score (nSPS) is 10.6. The summed E-state index contributed by atoms with van der Waals surface area (Å²) in [5, 5.41) is 0.648. The number of aromatic nitrogens is 2. The van der Waals surface area contributed by atoms with E-state index in [0.717, 1.165) is 30.0 Å². The molecule has 2 aromatic rings. The van der Waals surface area contributed by atoms with Crippen LogP contribution in [0.5, 0.6) is 5.06 Å². The zero-order valence-corrected chi connectivity index (χ0v) is 14.4. The molecule has 0 aromatic carbocycles. The highest BCUT2D eigenvalue weighted by Gasteiger charge is 2.16. The van der Waals surface area contributed by atoms with Crippen LogP contribution in [0.15, 0.2) is 12.1 Å². The summed E-state index contributed by atoms with van der Waals surface area (Å²) in [7, 11) is 1.25. The molecule has 0 amide bonds. The zero-order chi connectivity index (χ0) is 16.8. The number of methoxy groups -OCH3 is 1. The number of ether oxygens (including phenoxy) is 2. The van der Waals surface area contributed by atoms with Crippen LogP contribution in [0.25, 0.3) is 0 Å². The van der Waals surface area contributed by atoms with E-state index in [-0.39, 0.29) is 5.15 Å². The second-order valence-corrected chi connectivity index (χ2v) is 6.28. The molecular formula is C15H17ClN2O4S. The fourth-order valence-electron chi connectivity index (χ4n) is 2.07. The second kappa shape index (κ2) is 8.12. The van der Waals surface area contributed by atoms with Gasteiger partial charge in [0.25, 0.3) is 0 Å². The predicted molar refractivity (Wildman–Crippen MR) is 87.7 cm³/mol. The Labute approximate surface area is 143 Å². The topological polar surface area (TPSA) is 70.4 Å². The van der Waals surface area contributed by atoms with E-state index in [2.05, 4.69) is 16.6 Å². The van der Waals surface area contributed by atoms with Crippen LogP contribution in [0.1, 0.15) is 41.0 Å². The lowest BCUT2D eigenvalue weighted by Gasteiger charge is -2.07. The number of nitrogens with zero attached hydrogens (tertiary/aromatic N) is 2. The molecule has 2 aromatic heterocycles. The van der Waals surface area contributed by atoms with Crippen molar-refractivity contribution in [3.63, 3.8) is 0 Å². The van der Waals surface area contributed by atoms with Gasteiger partial charge in [0.15, 0.2) is 16.5 Å². The highest BCUT2D eigenvalue weighted by Crippen LogP contribution is 2.27. The Hall–Kier alpha value is -1.86. The molecule has 0 fully saturated rings. The van der Waals surface area contributed by atoms with Crippen LogP contribution >= 0.6 is 22.9 Å². The molecule has 0 spiro atoms. The van der Waals surface area contributed by atoms with Crippen molar-refractivity contribution >= 4 is 35.4 Å². The number of unbranched alkanes of at least 4 members (excludes halogenated alkanes) is 1. The third-order valence-electron chi connectivity index (χ3n) is 3.21. The molecule has 0 N–H and O–H groups in total. The summed E-state index contributed by atoms with van der Waals surface area (Å²) in [6, 6.07) is 3.51. The summed E-state index contributed by atoms with van der Waals surface area (Å²) in [5.41, 5.74) is 0.363. The van der Waals surface area contributed by atoms with E-state index < -0.39 is 6.16 Å². The Morgan fingerprint density at radius 1 is 1.48 bits per heavy atom. The summed E-state index contributed by atoms with van der Waals surface area (Å²) in [6.45, 7) is 2.53. The molecule has 0 saturated carbocycles. The molecule has 0 unspecified atom stereocenters. The van der Waals surface area contributed by atoms with Gasteiger partial charge in [-0.05, 0) is 18.6 Å². The standard InChI is InChI=1S/C15H17ClN2O4S/c1-3-4-5-12-17-14(16)11(9-19)18(12)8-10-6-7-13(23-10)22-15(20)21-2/h6-7,9H,3-5,8H2,1-2H3. The second-order valence-electron chi connectivity index (χ2n) is 4.79. The number of hydrogen-bond donors (Lipinski definition) is 0. The van der Waals surface area contributed by atoms with Gasteiger partial charge in [-0.3, -0.25) is 4.79 Å². The number of hydrogen-bond acceptors (Lipinski definition) is 6. The van der Waals surface area contributed by atoms with Crippen molar-refractivity contribution in [1.29, 1.82) is 0 Å². The number of aldehydes is 1. The third kappa shape index (κ3) is 4.33. The lowest BCUT2D eigenvalue weighted by atomic mass is 10.2. The highest BCUT2D eigenvalue weighted by atomic mass is 35.5. The maximum atomic E-state index is 11.3. The van der Waals surface area contributed by atoms with Crippen molar-refractivity contribution in [2.24, 2.45) is 0 Å². The fraction of sp³-hybridized carbons (Fsp3) is 0.400. The largest absolute Gasteiger partial charge is 0.514 e. The molecule has 2 rings (SSSR count). The summed E-state index contributed by atoms with van der Waals surface area (Å²) in [4.78, 5) is 27.6. The number of aryl methyl sites for hydroxylation is 1. The van der Waals surface area contributed by atoms with Crippen LogP contribution in [-0.4, -0.2) is 29.1 Å². The number of thiophene rings is 1. The third-order valence-corrected chi connectivity index (χ3v) is 4.43. The molecule has 0 atom stereocenters. The van der Waals surface area contributed by atoms with Crippen LogP contribution < -0.4 is 4.74 Å². The SMILES string of the molecule is CCCCc1nc(Cl)c(C=O)n1Cc1ccc(OC(=O)OC)s1. The summed E-state index contributed by atoms with van der Waals surface area (Å²) >= 11 is 7.34. The minimum atomic E-state index is -0.763. The van der Waals surface area contributed by atoms with Crippen LogP contribution in [0, 0.1) is 0 Å². The summed E-state index contributed by atoms with van der Waals surface area (Å²) in [6.07, 6.45) is 2.69. The van der Waals surface area contributed by atoms with Crippen LogP contribution in [-0.2, 0) is 17.7 Å². The van der Waals surface area contributed by atoms with Crippen LogP contribution in [0.4, 0.5) is 4.79 Å². The van der Waals surface area contributed by atoms with Crippen molar-refractivity contribution in [3.05, 3.63) is 33.7 Å². The van der Waals surface area contributed by atoms with E-state index in [4.69, 9.17) is 16.3 Å². The first-order valence-corrected chi connectivity index (χ1v) is 8.33. The minimum Gasteiger partial charge on any atom is -0.437 e. The van der Waals surface area contributed by atoms with E-state index in [1.807, 2.05) is 6.07 Å². The maximum absolute atomic E-state index is 11.3. The van der Waals surface area contributed by atoms with Crippen molar-refractivity contribution < 1.29 is 19.1 Å². The van der Waals surface area contributed by atoms with Gasteiger partial charge in [-0.1, -0.05) is 24.9 Å². The molecule has 8 heteroatoms. The van der Waals surface area contributed by atoms with Crippen molar-refractivity contribution in [2.75, 3.05) is 7.11 Å². The van der Waals surface area contributed by atoms with Crippen molar-refractivity contribution in [2.45, 2.75) is 32.7 Å². The molecule has 0 aliphatic carbocycles. The minimum absolute atomic E-state index is 0.216. The van der Waals surface area contributed by atoms with E-state index in [0.29, 0.717) is 23.6 Å². The lowest BCUT2D eigenvalue weighted by Crippen LogP contribution is -2.08. The smallest absolute Gasteiger partial charge is 0.437 e. The molecule has 2 heterocycles. The molecule has 0 saturated heterocycles. The average molecular weight is 357 g/mol. The first kappa shape index (κ1) is 17.5. The van der Waals surface area contributed by atoms with Gasteiger partial charge < -0.3 is 14.0 Å². The Morgan fingerprint density at radius 3 is 2.91 bits per heavy atom. The number of carbonyl (C=O) groups excluding carboxylic acids is 2. The maximum Gasteiger partial charge on any atom is 0.514 e. The molecule has 0 bridgehead atoms. The fourth-order valence-corrected chi connectivity index (χ4v) is 3.15. The summed E-state index contributed by atoms with van der Waals surface area (Å²) < 4.78 is 11.2. The van der Waals surface area contributed by atoms with Gasteiger partial charge in [0.1, 0.15) is 11.5 Å². The molecule has 0 aliphatic rings. The number of halogens is 1. The van der Waals surface area contributed by atoms with Gasteiger partial charge in [-0.2, -0.15) is 0 Å². The summed E-state index contributed by atoms with van der Waals surface area (Å²) in [5.74, 6) is 0.780. The predicted octanol–water partition coefficient (Wildman–Crippen LogP) is 3.95. The quantitative estimate of drug-likeness (QED) is 0.555. The Balaban J connectivity index is 2.21.